The van der Waals surface area contributed by atoms with Crippen molar-refractivity contribution < 1.29 is 0 Å². The zero-order valence-electron chi connectivity index (χ0n) is 25.3. The Bertz CT molecular complexity index is 1920. The van der Waals surface area contributed by atoms with E-state index in [9.17, 15) is 0 Å². The van der Waals surface area contributed by atoms with Crippen LogP contribution in [0, 0.1) is 0 Å². The molecule has 0 heterocycles. The SMILES string of the molecule is CC/C=C\C=C(/N)c1ccc(-c2c3ccccc3c(C3=c4cccc(C5CCCCC5)c4=CCC3)c3ccccc23)cc1. The van der Waals surface area contributed by atoms with E-state index in [1.165, 1.54) is 86.3 Å². The highest BCUT2D eigenvalue weighted by atomic mass is 14.6. The van der Waals surface area contributed by atoms with Crippen LogP contribution in [0.1, 0.15) is 80.9 Å². The molecule has 0 bridgehead atoms. The average Bonchev–Trinajstić information content (AvgIpc) is 3.07. The Morgan fingerprint density at radius 3 is 2.05 bits per heavy atom. The third kappa shape index (κ3) is 5.12. The van der Waals surface area contributed by atoms with E-state index in [2.05, 4.69) is 110 Å². The first kappa shape index (κ1) is 27.5. The molecule has 1 nitrogen and oxygen atoms in total. The monoisotopic (exact) mass is 559 g/mol. The van der Waals surface area contributed by atoms with E-state index in [1.807, 2.05) is 12.2 Å². The third-order valence-corrected chi connectivity index (χ3v) is 9.64. The topological polar surface area (TPSA) is 26.0 Å². The molecule has 214 valence electrons. The van der Waals surface area contributed by atoms with Crippen molar-refractivity contribution in [3.8, 4) is 11.1 Å². The molecule has 2 N–H and O–H groups in total. The molecular weight excluding hydrogens is 518 g/mol. The molecular formula is C42H41N. The van der Waals surface area contributed by atoms with Crippen molar-refractivity contribution in [2.75, 3.05) is 0 Å². The van der Waals surface area contributed by atoms with Crippen LogP contribution in [0.5, 0.6) is 0 Å². The van der Waals surface area contributed by atoms with Gasteiger partial charge in [-0.15, -0.1) is 0 Å². The Morgan fingerprint density at radius 2 is 1.40 bits per heavy atom. The van der Waals surface area contributed by atoms with E-state index in [-0.39, 0.29) is 0 Å². The summed E-state index contributed by atoms with van der Waals surface area (Å²) in [6.45, 7) is 2.13. The van der Waals surface area contributed by atoms with E-state index in [0.717, 1.165) is 30.5 Å². The first-order valence-electron chi connectivity index (χ1n) is 16.2. The van der Waals surface area contributed by atoms with Gasteiger partial charge in [-0.05, 0) is 109 Å². The number of hydrogen-bond acceptors (Lipinski definition) is 1. The van der Waals surface area contributed by atoms with E-state index in [1.54, 1.807) is 5.56 Å². The molecule has 0 saturated heterocycles. The summed E-state index contributed by atoms with van der Waals surface area (Å²) in [5.74, 6) is 0.699. The summed E-state index contributed by atoms with van der Waals surface area (Å²) in [5.41, 5.74) is 15.3. The number of benzene rings is 5. The summed E-state index contributed by atoms with van der Waals surface area (Å²) in [4.78, 5) is 0. The van der Waals surface area contributed by atoms with Gasteiger partial charge in [-0.3, -0.25) is 0 Å². The van der Waals surface area contributed by atoms with Gasteiger partial charge in [-0.2, -0.15) is 0 Å². The molecule has 0 spiro atoms. The minimum atomic E-state index is 0.699. The molecule has 0 radical (unpaired) electrons. The Balaban J connectivity index is 1.46. The molecule has 2 aliphatic carbocycles. The first-order chi connectivity index (χ1) is 21.2. The summed E-state index contributed by atoms with van der Waals surface area (Å²) in [5, 5.41) is 8.25. The molecule has 0 atom stereocenters. The van der Waals surface area contributed by atoms with Crippen molar-refractivity contribution in [1.29, 1.82) is 0 Å². The van der Waals surface area contributed by atoms with Crippen molar-refractivity contribution in [3.05, 3.63) is 136 Å². The highest BCUT2D eigenvalue weighted by Crippen LogP contribution is 2.42. The highest BCUT2D eigenvalue weighted by Gasteiger charge is 2.22. The second-order valence-corrected chi connectivity index (χ2v) is 12.2. The summed E-state index contributed by atoms with van der Waals surface area (Å²) in [6.07, 6.45) is 18.6. The number of allylic oxidation sites excluding steroid dienone is 3. The van der Waals surface area contributed by atoms with Crippen molar-refractivity contribution in [2.24, 2.45) is 5.73 Å². The zero-order valence-corrected chi connectivity index (χ0v) is 25.3. The molecule has 1 fully saturated rings. The van der Waals surface area contributed by atoms with Crippen LogP contribution in [0.25, 0.3) is 50.0 Å². The maximum Gasteiger partial charge on any atom is 0.0387 e. The van der Waals surface area contributed by atoms with Gasteiger partial charge in [0.1, 0.15) is 0 Å². The second kappa shape index (κ2) is 12.1. The van der Waals surface area contributed by atoms with E-state index < -0.39 is 0 Å². The van der Waals surface area contributed by atoms with Gasteiger partial charge >= 0.3 is 0 Å². The fraction of sp³-hybridized carbons (Fsp3) is 0.238. The summed E-state index contributed by atoms with van der Waals surface area (Å²) >= 11 is 0. The van der Waals surface area contributed by atoms with Crippen LogP contribution in [-0.2, 0) is 0 Å². The van der Waals surface area contributed by atoms with Crippen molar-refractivity contribution in [3.63, 3.8) is 0 Å². The molecule has 0 unspecified atom stereocenters. The van der Waals surface area contributed by atoms with Crippen LogP contribution in [0.2, 0.25) is 0 Å². The zero-order chi connectivity index (χ0) is 29.2. The number of hydrogen-bond donors (Lipinski definition) is 1. The fourth-order valence-electron chi connectivity index (χ4n) is 7.60. The van der Waals surface area contributed by atoms with Crippen LogP contribution < -0.4 is 16.2 Å². The Hall–Kier alpha value is -4.36. The molecule has 5 aromatic rings. The van der Waals surface area contributed by atoms with Gasteiger partial charge in [-0.1, -0.05) is 135 Å². The molecule has 0 aromatic heterocycles. The average molecular weight is 560 g/mol. The minimum Gasteiger partial charge on any atom is -0.398 e. The quantitative estimate of drug-likeness (QED) is 0.163. The minimum absolute atomic E-state index is 0.699. The lowest BCUT2D eigenvalue weighted by Gasteiger charge is -2.25. The van der Waals surface area contributed by atoms with E-state index >= 15 is 0 Å². The highest BCUT2D eigenvalue weighted by molar-refractivity contribution is 6.18. The van der Waals surface area contributed by atoms with Crippen LogP contribution in [0.15, 0.2) is 109 Å². The smallest absolute Gasteiger partial charge is 0.0387 e. The summed E-state index contributed by atoms with van der Waals surface area (Å²) < 4.78 is 0. The molecule has 2 aliphatic rings. The second-order valence-electron chi connectivity index (χ2n) is 12.2. The fourth-order valence-corrected chi connectivity index (χ4v) is 7.60. The molecule has 1 heteroatoms. The predicted molar refractivity (Wildman–Crippen MR) is 186 cm³/mol. The molecule has 0 amide bonds. The normalized spacial score (nSPS) is 16.1. The largest absolute Gasteiger partial charge is 0.398 e. The standard InChI is InChI=1S/C42H41N/c1-2-3-5-24-40(43)30-25-27-31(28-26-30)41-36-16-8-10-18-38(36)42(39-19-11-9-17-37(39)41)35-23-13-21-33-32(20-12-22-34(33)35)29-14-6-4-7-15-29/h3,5,8-12,16-22,24-29H,2,4,6-7,13-15,23,43H2,1H3/b5-3-,40-24-. The van der Waals surface area contributed by atoms with Crippen molar-refractivity contribution in [2.45, 2.75) is 64.2 Å². The Morgan fingerprint density at radius 1 is 0.744 bits per heavy atom. The van der Waals surface area contributed by atoms with Gasteiger partial charge in [-0.25, -0.2) is 0 Å². The van der Waals surface area contributed by atoms with Gasteiger partial charge in [0.25, 0.3) is 0 Å². The van der Waals surface area contributed by atoms with Crippen LogP contribution >= 0.6 is 0 Å². The van der Waals surface area contributed by atoms with Crippen LogP contribution in [0.4, 0.5) is 0 Å². The Kier molecular flexibility index (Phi) is 7.73. The predicted octanol–water partition coefficient (Wildman–Crippen LogP) is 9.75. The lowest BCUT2D eigenvalue weighted by molar-refractivity contribution is 0.442. The molecule has 43 heavy (non-hydrogen) atoms. The maximum atomic E-state index is 6.41. The van der Waals surface area contributed by atoms with Crippen LogP contribution in [-0.4, -0.2) is 0 Å². The number of rotatable bonds is 6. The first-order valence-corrected chi connectivity index (χ1v) is 16.2. The summed E-state index contributed by atoms with van der Waals surface area (Å²) in [6, 6.07) is 34.0. The maximum absolute atomic E-state index is 6.41. The lowest BCUT2D eigenvalue weighted by Crippen LogP contribution is -2.34. The van der Waals surface area contributed by atoms with Crippen molar-refractivity contribution >= 4 is 38.9 Å². The van der Waals surface area contributed by atoms with Gasteiger partial charge in [0.15, 0.2) is 0 Å². The summed E-state index contributed by atoms with van der Waals surface area (Å²) in [7, 11) is 0. The Labute approximate surface area is 255 Å². The molecule has 1 saturated carbocycles. The number of fused-ring (bicyclic) bond motifs is 3. The third-order valence-electron chi connectivity index (χ3n) is 9.64. The van der Waals surface area contributed by atoms with Gasteiger partial charge in [0.2, 0.25) is 0 Å². The molecule has 7 rings (SSSR count). The van der Waals surface area contributed by atoms with Gasteiger partial charge in [0.05, 0.1) is 0 Å². The van der Waals surface area contributed by atoms with E-state index in [0.29, 0.717) is 5.92 Å². The van der Waals surface area contributed by atoms with Gasteiger partial charge < -0.3 is 5.73 Å². The van der Waals surface area contributed by atoms with E-state index in [4.69, 9.17) is 5.73 Å². The number of nitrogens with two attached hydrogens (primary N) is 1. The van der Waals surface area contributed by atoms with Gasteiger partial charge in [0, 0.05) is 5.70 Å². The molecule has 5 aromatic carbocycles. The van der Waals surface area contributed by atoms with Crippen molar-refractivity contribution in [1.82, 2.24) is 0 Å². The molecule has 0 aliphatic heterocycles. The van der Waals surface area contributed by atoms with Crippen LogP contribution in [0.3, 0.4) is 0 Å². The lowest BCUT2D eigenvalue weighted by atomic mass is 9.80.